The van der Waals surface area contributed by atoms with Crippen LogP contribution in [0.2, 0.25) is 0 Å². The van der Waals surface area contributed by atoms with Crippen molar-refractivity contribution in [1.29, 1.82) is 0 Å². The Hall–Kier alpha value is -2.96. The lowest BCUT2D eigenvalue weighted by Gasteiger charge is -2.28. The molecule has 116 valence electrons. The fourth-order valence-corrected chi connectivity index (χ4v) is 3.01. The van der Waals surface area contributed by atoms with Gasteiger partial charge >= 0.3 is 0 Å². The maximum Gasteiger partial charge on any atom is 0.256 e. The third-order valence-corrected chi connectivity index (χ3v) is 4.28. The highest BCUT2D eigenvalue weighted by atomic mass is 16.2. The molecule has 1 aliphatic heterocycles. The normalized spacial score (nSPS) is 14.0. The Morgan fingerprint density at radius 3 is 3.09 bits per heavy atom. The molecule has 1 N–H and O–H groups in total. The van der Waals surface area contributed by atoms with Crippen LogP contribution in [0.25, 0.3) is 10.9 Å². The number of rotatable bonds is 1. The Balaban J connectivity index is 1.69. The molecule has 2 aromatic heterocycles. The number of nitrogens with one attached hydrogen (secondary N) is 1. The van der Waals surface area contributed by atoms with Gasteiger partial charge in [0.25, 0.3) is 11.5 Å². The molecule has 23 heavy (non-hydrogen) atoms. The Bertz CT molecular complexity index is 972. The minimum absolute atomic E-state index is 0.0298. The van der Waals surface area contributed by atoms with Crippen molar-refractivity contribution in [3.8, 4) is 0 Å². The maximum absolute atomic E-state index is 12.8. The van der Waals surface area contributed by atoms with E-state index in [0.717, 1.165) is 10.9 Å². The van der Waals surface area contributed by atoms with E-state index in [1.54, 1.807) is 24.2 Å². The van der Waals surface area contributed by atoms with Gasteiger partial charge in [0.05, 0.1) is 35.8 Å². The Labute approximate surface area is 131 Å². The highest BCUT2D eigenvalue weighted by molar-refractivity contribution is 6.05. The number of hydrogen-bond acceptors (Lipinski definition) is 4. The Morgan fingerprint density at radius 1 is 1.35 bits per heavy atom. The van der Waals surface area contributed by atoms with Gasteiger partial charge in [0.1, 0.15) is 0 Å². The molecule has 0 saturated carbocycles. The number of aromatic amines is 1. The van der Waals surface area contributed by atoms with Crippen LogP contribution in [0.5, 0.6) is 0 Å². The summed E-state index contributed by atoms with van der Waals surface area (Å²) in [5.41, 5.74) is 2.69. The minimum Gasteiger partial charge on any atom is -0.332 e. The van der Waals surface area contributed by atoms with Crippen LogP contribution < -0.4 is 5.56 Å². The van der Waals surface area contributed by atoms with Crippen LogP contribution in [0.15, 0.2) is 35.5 Å². The van der Waals surface area contributed by atoms with Crippen molar-refractivity contribution in [3.63, 3.8) is 0 Å². The van der Waals surface area contributed by atoms with Gasteiger partial charge in [0.15, 0.2) is 0 Å². The molecule has 4 rings (SSSR count). The van der Waals surface area contributed by atoms with Gasteiger partial charge in [-0.1, -0.05) is 12.1 Å². The molecule has 7 nitrogen and oxygen atoms in total. The largest absolute Gasteiger partial charge is 0.332 e. The molecule has 0 radical (unpaired) electrons. The third kappa shape index (κ3) is 2.12. The zero-order valence-electron chi connectivity index (χ0n) is 12.6. The summed E-state index contributed by atoms with van der Waals surface area (Å²) < 4.78 is 1.47. The zero-order chi connectivity index (χ0) is 16.0. The molecule has 0 saturated heterocycles. The zero-order valence-corrected chi connectivity index (χ0v) is 12.6. The molecule has 7 heteroatoms. The summed E-state index contributed by atoms with van der Waals surface area (Å²) in [5, 5.41) is 7.78. The van der Waals surface area contributed by atoms with E-state index in [9.17, 15) is 9.59 Å². The summed E-state index contributed by atoms with van der Waals surface area (Å²) in [6, 6.07) is 5.54. The molecule has 0 unspecified atom stereocenters. The number of carbonyl (C=O) groups is 1. The number of para-hydroxylation sites is 1. The Kier molecular flexibility index (Phi) is 3.00. The van der Waals surface area contributed by atoms with Crippen LogP contribution in [0.1, 0.15) is 21.6 Å². The van der Waals surface area contributed by atoms with Crippen LogP contribution in [0, 0.1) is 0 Å². The van der Waals surface area contributed by atoms with E-state index in [1.807, 2.05) is 12.1 Å². The van der Waals surface area contributed by atoms with E-state index >= 15 is 0 Å². The molecule has 0 bridgehead atoms. The van der Waals surface area contributed by atoms with Crippen LogP contribution in [-0.2, 0) is 20.0 Å². The number of benzene rings is 1. The fourth-order valence-electron chi connectivity index (χ4n) is 3.01. The highest BCUT2D eigenvalue weighted by Crippen LogP contribution is 2.21. The summed E-state index contributed by atoms with van der Waals surface area (Å²) in [6.07, 6.45) is 3.73. The smallest absolute Gasteiger partial charge is 0.256 e. The number of fused-ring (bicyclic) bond motifs is 2. The van der Waals surface area contributed by atoms with Gasteiger partial charge < -0.3 is 9.47 Å². The van der Waals surface area contributed by atoms with E-state index in [-0.39, 0.29) is 11.5 Å². The monoisotopic (exact) mass is 309 g/mol. The van der Waals surface area contributed by atoms with Gasteiger partial charge in [-0.3, -0.25) is 14.7 Å². The SMILES string of the molecule is Cn1cnc2c(c1=O)CCN(C(=O)c1cccc3cn[nH]c13)C2. The number of aryl methyl sites for hydroxylation is 1. The molecule has 1 aliphatic rings. The lowest BCUT2D eigenvalue weighted by Crippen LogP contribution is -2.40. The predicted molar refractivity (Wildman–Crippen MR) is 84.0 cm³/mol. The number of aromatic nitrogens is 4. The molecule has 0 atom stereocenters. The lowest BCUT2D eigenvalue weighted by atomic mass is 10.0. The van der Waals surface area contributed by atoms with Crippen LogP contribution >= 0.6 is 0 Å². The molecule has 3 heterocycles. The first-order chi connectivity index (χ1) is 11.1. The van der Waals surface area contributed by atoms with E-state index in [1.165, 1.54) is 10.9 Å². The van der Waals surface area contributed by atoms with Crippen molar-refractivity contribution in [2.45, 2.75) is 13.0 Å². The number of hydrogen-bond donors (Lipinski definition) is 1. The van der Waals surface area contributed by atoms with Gasteiger partial charge in [-0.25, -0.2) is 4.98 Å². The molecule has 0 fully saturated rings. The number of H-pyrrole nitrogens is 1. The summed E-state index contributed by atoms with van der Waals surface area (Å²) in [5.74, 6) is -0.0759. The standard InChI is InChI=1S/C16H15N5O2/c1-20-9-17-13-8-21(6-5-11(13)15(20)22)16(23)12-4-2-3-10-7-18-19-14(10)12/h2-4,7,9H,5-6,8H2,1H3,(H,18,19). The molecule has 0 aliphatic carbocycles. The molecular formula is C16H15N5O2. The van der Waals surface area contributed by atoms with Crippen LogP contribution in [0.3, 0.4) is 0 Å². The van der Waals surface area contributed by atoms with Gasteiger partial charge in [-0.2, -0.15) is 5.10 Å². The van der Waals surface area contributed by atoms with Crippen LogP contribution in [-0.4, -0.2) is 37.1 Å². The molecule has 0 spiro atoms. The van der Waals surface area contributed by atoms with Gasteiger partial charge in [-0.15, -0.1) is 0 Å². The van der Waals surface area contributed by atoms with Crippen LogP contribution in [0.4, 0.5) is 0 Å². The van der Waals surface area contributed by atoms with Crippen molar-refractivity contribution < 1.29 is 4.79 Å². The molecule has 3 aromatic rings. The van der Waals surface area contributed by atoms with Crippen molar-refractivity contribution in [1.82, 2.24) is 24.6 Å². The van der Waals surface area contributed by atoms with E-state index in [2.05, 4.69) is 15.2 Å². The van der Waals surface area contributed by atoms with Gasteiger partial charge in [0, 0.05) is 24.5 Å². The maximum atomic E-state index is 12.8. The average Bonchev–Trinajstić information content (AvgIpc) is 3.06. The third-order valence-electron chi connectivity index (χ3n) is 4.28. The predicted octanol–water partition coefficient (Wildman–Crippen LogP) is 0.855. The number of amides is 1. The second-order valence-corrected chi connectivity index (χ2v) is 5.70. The number of carbonyl (C=O) groups excluding carboxylic acids is 1. The van der Waals surface area contributed by atoms with E-state index in [0.29, 0.717) is 36.3 Å². The first-order valence-corrected chi connectivity index (χ1v) is 7.40. The Morgan fingerprint density at radius 2 is 2.22 bits per heavy atom. The molecule has 1 amide bonds. The quantitative estimate of drug-likeness (QED) is 0.722. The number of nitrogens with zero attached hydrogens (tertiary/aromatic N) is 4. The summed E-state index contributed by atoms with van der Waals surface area (Å²) in [4.78, 5) is 31.0. The summed E-state index contributed by atoms with van der Waals surface area (Å²) in [6.45, 7) is 0.867. The van der Waals surface area contributed by atoms with E-state index < -0.39 is 0 Å². The average molecular weight is 309 g/mol. The molecular weight excluding hydrogens is 294 g/mol. The lowest BCUT2D eigenvalue weighted by molar-refractivity contribution is 0.0733. The first-order valence-electron chi connectivity index (χ1n) is 7.40. The topological polar surface area (TPSA) is 83.9 Å². The molecule has 1 aromatic carbocycles. The van der Waals surface area contributed by atoms with Crippen molar-refractivity contribution in [2.24, 2.45) is 7.05 Å². The highest BCUT2D eigenvalue weighted by Gasteiger charge is 2.26. The van der Waals surface area contributed by atoms with Crippen molar-refractivity contribution in [3.05, 3.63) is 57.9 Å². The van der Waals surface area contributed by atoms with Gasteiger partial charge in [-0.05, 0) is 12.5 Å². The van der Waals surface area contributed by atoms with E-state index in [4.69, 9.17) is 0 Å². The van der Waals surface area contributed by atoms with Crippen molar-refractivity contribution in [2.75, 3.05) is 6.54 Å². The summed E-state index contributed by atoms with van der Waals surface area (Å²) >= 11 is 0. The van der Waals surface area contributed by atoms with Gasteiger partial charge in [0.2, 0.25) is 0 Å². The first kappa shape index (κ1) is 13.7. The second kappa shape index (κ2) is 5.05. The minimum atomic E-state index is -0.0759. The summed E-state index contributed by atoms with van der Waals surface area (Å²) in [7, 11) is 1.69. The van der Waals surface area contributed by atoms with Crippen molar-refractivity contribution >= 4 is 16.8 Å². The fraction of sp³-hybridized carbons (Fsp3) is 0.250. The second-order valence-electron chi connectivity index (χ2n) is 5.70.